The van der Waals surface area contributed by atoms with E-state index in [4.69, 9.17) is 0 Å². The van der Waals surface area contributed by atoms with E-state index in [1.54, 1.807) is 12.1 Å². The largest absolute Gasteiger partial charge is 0.504 e. The Kier molecular flexibility index (Phi) is 5.08. The van der Waals surface area contributed by atoms with Gasteiger partial charge in [0.1, 0.15) is 0 Å². The molecule has 0 aromatic heterocycles. The van der Waals surface area contributed by atoms with Gasteiger partial charge in [0.25, 0.3) is 0 Å². The van der Waals surface area contributed by atoms with Gasteiger partial charge in [-0.1, -0.05) is 39.0 Å². The number of fused-ring (bicyclic) bond motifs is 1. The summed E-state index contributed by atoms with van der Waals surface area (Å²) in [4.78, 5) is 0. The highest BCUT2D eigenvalue weighted by Crippen LogP contribution is 2.35. The highest BCUT2D eigenvalue weighted by Gasteiger charge is 2.21. The number of unbranched alkanes of at least 4 members (excludes halogenated alkanes) is 4. The summed E-state index contributed by atoms with van der Waals surface area (Å²) in [6, 6.07) is 3.78. The number of phenolic OH excluding ortho intramolecular Hbond substituents is 2. The number of phenols is 2. The van der Waals surface area contributed by atoms with Crippen LogP contribution in [0.3, 0.4) is 0 Å². The quantitative estimate of drug-likeness (QED) is 0.542. The predicted octanol–water partition coefficient (Wildman–Crippen LogP) is 3.65. The van der Waals surface area contributed by atoms with E-state index in [0.29, 0.717) is 6.04 Å². The van der Waals surface area contributed by atoms with Gasteiger partial charge in [0.2, 0.25) is 0 Å². The third-order valence-electron chi connectivity index (χ3n) is 3.99. The summed E-state index contributed by atoms with van der Waals surface area (Å²) in [6.45, 7) is 3.19. The van der Waals surface area contributed by atoms with Crippen molar-refractivity contribution in [3.05, 3.63) is 23.3 Å². The summed E-state index contributed by atoms with van der Waals surface area (Å²) in [5.74, 6) is 0.000721. The van der Waals surface area contributed by atoms with Crippen molar-refractivity contribution in [1.82, 2.24) is 5.32 Å². The number of rotatable bonds is 6. The van der Waals surface area contributed by atoms with Crippen LogP contribution in [0.4, 0.5) is 0 Å². The van der Waals surface area contributed by atoms with Crippen LogP contribution < -0.4 is 5.32 Å². The van der Waals surface area contributed by atoms with Crippen LogP contribution in [0.15, 0.2) is 12.1 Å². The van der Waals surface area contributed by atoms with Crippen LogP contribution in [-0.2, 0) is 6.42 Å². The van der Waals surface area contributed by atoms with E-state index in [2.05, 4.69) is 12.2 Å². The average molecular weight is 263 g/mol. The van der Waals surface area contributed by atoms with Crippen molar-refractivity contribution in [3.8, 4) is 11.5 Å². The molecule has 1 aliphatic rings. The van der Waals surface area contributed by atoms with Crippen molar-refractivity contribution in [3.63, 3.8) is 0 Å². The van der Waals surface area contributed by atoms with Crippen molar-refractivity contribution < 1.29 is 10.2 Å². The maximum absolute atomic E-state index is 9.66. The Morgan fingerprint density at radius 2 is 1.84 bits per heavy atom. The lowest BCUT2D eigenvalue weighted by atomic mass is 9.90. The normalized spacial score (nSPS) is 18.3. The minimum Gasteiger partial charge on any atom is -0.504 e. The lowest BCUT2D eigenvalue weighted by Gasteiger charge is -2.27. The molecule has 1 atom stereocenters. The first-order chi connectivity index (χ1) is 9.22. The second-order valence-electron chi connectivity index (χ2n) is 5.50. The van der Waals surface area contributed by atoms with E-state index in [9.17, 15) is 10.2 Å². The molecule has 0 amide bonds. The Hall–Kier alpha value is -1.22. The van der Waals surface area contributed by atoms with E-state index < -0.39 is 0 Å². The van der Waals surface area contributed by atoms with Gasteiger partial charge in [-0.3, -0.25) is 0 Å². The van der Waals surface area contributed by atoms with Crippen LogP contribution in [0, 0.1) is 0 Å². The molecule has 0 unspecified atom stereocenters. The monoisotopic (exact) mass is 263 g/mol. The first-order valence-corrected chi connectivity index (χ1v) is 7.50. The molecule has 1 aliphatic heterocycles. The Morgan fingerprint density at radius 1 is 1.11 bits per heavy atom. The van der Waals surface area contributed by atoms with Gasteiger partial charge in [-0.25, -0.2) is 0 Å². The van der Waals surface area contributed by atoms with Crippen LogP contribution in [0.1, 0.15) is 62.6 Å². The zero-order valence-corrected chi connectivity index (χ0v) is 11.8. The van der Waals surface area contributed by atoms with Crippen molar-refractivity contribution >= 4 is 0 Å². The van der Waals surface area contributed by atoms with Gasteiger partial charge in [0.15, 0.2) is 11.5 Å². The Morgan fingerprint density at radius 3 is 2.63 bits per heavy atom. The van der Waals surface area contributed by atoms with Gasteiger partial charge in [-0.2, -0.15) is 0 Å². The molecule has 1 aromatic carbocycles. The average Bonchev–Trinajstić information content (AvgIpc) is 2.40. The van der Waals surface area contributed by atoms with Gasteiger partial charge >= 0.3 is 0 Å². The Balaban J connectivity index is 1.95. The molecular formula is C16H25NO2. The minimum atomic E-state index is -0.00145. The SMILES string of the molecule is CCCCCCC[C@@H]1NCCc2cc(O)c(O)cc21. The number of hydrogen-bond acceptors (Lipinski definition) is 3. The molecule has 19 heavy (non-hydrogen) atoms. The zero-order chi connectivity index (χ0) is 13.7. The third kappa shape index (κ3) is 3.63. The summed E-state index contributed by atoms with van der Waals surface area (Å²) < 4.78 is 0. The smallest absolute Gasteiger partial charge is 0.157 e. The van der Waals surface area contributed by atoms with Gasteiger partial charge in [0.05, 0.1) is 0 Å². The molecule has 0 fully saturated rings. The summed E-state index contributed by atoms with van der Waals surface area (Å²) in [7, 11) is 0. The van der Waals surface area contributed by atoms with Crippen molar-refractivity contribution in [1.29, 1.82) is 0 Å². The van der Waals surface area contributed by atoms with Gasteiger partial charge in [-0.15, -0.1) is 0 Å². The standard InChI is InChI=1S/C16H25NO2/c1-2-3-4-5-6-7-14-13-11-16(19)15(18)10-12(13)8-9-17-14/h10-11,14,17-19H,2-9H2,1H3/t14-/m0/s1. The first kappa shape index (κ1) is 14.2. The molecular weight excluding hydrogens is 238 g/mol. The van der Waals surface area contributed by atoms with Gasteiger partial charge < -0.3 is 15.5 Å². The topological polar surface area (TPSA) is 52.5 Å². The molecule has 1 aromatic rings. The number of nitrogens with one attached hydrogen (secondary N) is 1. The van der Waals surface area contributed by atoms with Crippen LogP contribution >= 0.6 is 0 Å². The molecule has 0 aliphatic carbocycles. The molecule has 2 rings (SSSR count). The number of hydrogen-bond donors (Lipinski definition) is 3. The van der Waals surface area contributed by atoms with Crippen molar-refractivity contribution in [2.24, 2.45) is 0 Å². The van der Waals surface area contributed by atoms with E-state index in [1.807, 2.05) is 0 Å². The van der Waals surface area contributed by atoms with Crippen molar-refractivity contribution in [2.45, 2.75) is 57.9 Å². The first-order valence-electron chi connectivity index (χ1n) is 7.50. The summed E-state index contributed by atoms with van der Waals surface area (Å²) in [6.07, 6.45) is 8.46. The highest BCUT2D eigenvalue weighted by molar-refractivity contribution is 5.47. The molecule has 0 radical (unpaired) electrons. The van der Waals surface area contributed by atoms with E-state index in [-0.39, 0.29) is 11.5 Å². The second kappa shape index (κ2) is 6.80. The Labute approximate surface area is 115 Å². The maximum atomic E-state index is 9.66. The fourth-order valence-corrected chi connectivity index (χ4v) is 2.88. The summed E-state index contributed by atoms with van der Waals surface area (Å²) in [5.41, 5.74) is 2.34. The molecule has 0 saturated carbocycles. The number of aromatic hydroxyl groups is 2. The predicted molar refractivity (Wildman–Crippen MR) is 77.6 cm³/mol. The maximum Gasteiger partial charge on any atom is 0.157 e. The molecule has 3 nitrogen and oxygen atoms in total. The minimum absolute atomic E-state index is 0.00145. The van der Waals surface area contributed by atoms with E-state index in [0.717, 1.165) is 24.9 Å². The van der Waals surface area contributed by atoms with Gasteiger partial charge in [-0.05, 0) is 42.6 Å². The second-order valence-corrected chi connectivity index (χ2v) is 5.50. The van der Waals surface area contributed by atoms with Crippen LogP contribution in [-0.4, -0.2) is 16.8 Å². The molecule has 3 N–H and O–H groups in total. The zero-order valence-electron chi connectivity index (χ0n) is 11.8. The van der Waals surface area contributed by atoms with Crippen molar-refractivity contribution in [2.75, 3.05) is 6.54 Å². The number of benzene rings is 1. The molecule has 0 spiro atoms. The third-order valence-corrected chi connectivity index (χ3v) is 3.99. The van der Waals surface area contributed by atoms with E-state index in [1.165, 1.54) is 37.7 Å². The lowest BCUT2D eigenvalue weighted by molar-refractivity contribution is 0.395. The molecule has 0 bridgehead atoms. The van der Waals surface area contributed by atoms with Crippen LogP contribution in [0.2, 0.25) is 0 Å². The fourth-order valence-electron chi connectivity index (χ4n) is 2.88. The molecule has 3 heteroatoms. The summed E-state index contributed by atoms with van der Waals surface area (Å²) in [5, 5.41) is 22.7. The van der Waals surface area contributed by atoms with Crippen LogP contribution in [0.25, 0.3) is 0 Å². The highest BCUT2D eigenvalue weighted by atomic mass is 16.3. The summed E-state index contributed by atoms with van der Waals surface area (Å²) >= 11 is 0. The van der Waals surface area contributed by atoms with E-state index >= 15 is 0 Å². The molecule has 1 heterocycles. The lowest BCUT2D eigenvalue weighted by Crippen LogP contribution is -2.29. The Bertz CT molecular complexity index is 417. The molecule has 0 saturated heterocycles. The fraction of sp³-hybridized carbons (Fsp3) is 0.625. The molecule has 106 valence electrons. The van der Waals surface area contributed by atoms with Gasteiger partial charge in [0, 0.05) is 6.04 Å². The van der Waals surface area contributed by atoms with Crippen LogP contribution in [0.5, 0.6) is 11.5 Å².